The summed E-state index contributed by atoms with van der Waals surface area (Å²) in [6, 6.07) is 0. The number of rotatable bonds is 2. The van der Waals surface area contributed by atoms with Crippen LogP contribution in [0.3, 0.4) is 0 Å². The molecule has 58 valence electrons. The Morgan fingerprint density at radius 2 is 2.64 bits per heavy atom. The molecule has 0 spiro atoms. The average molecular weight is 153 g/mol. The van der Waals surface area contributed by atoms with Crippen molar-refractivity contribution in [3.63, 3.8) is 0 Å². The van der Waals surface area contributed by atoms with Gasteiger partial charge in [-0.3, -0.25) is 0 Å². The first-order valence-corrected chi connectivity index (χ1v) is 2.90. The zero-order valence-electron chi connectivity index (χ0n) is 6.02. The first-order chi connectivity index (χ1) is 5.27. The molecular formula is C6H7N3O2. The maximum absolute atomic E-state index is 10.8. The molecular weight excluding hydrogens is 146 g/mol. The molecule has 0 amide bonds. The van der Waals surface area contributed by atoms with Crippen molar-refractivity contribution in [2.45, 2.75) is 0 Å². The predicted molar refractivity (Wildman–Crippen MR) is 37.7 cm³/mol. The summed E-state index contributed by atoms with van der Waals surface area (Å²) >= 11 is 0. The Balaban J connectivity index is 2.88. The lowest BCUT2D eigenvalue weighted by molar-refractivity contribution is 0.0594. The van der Waals surface area contributed by atoms with Gasteiger partial charge >= 0.3 is 5.97 Å². The molecule has 0 aliphatic carbocycles. The second-order valence-electron chi connectivity index (χ2n) is 1.76. The third-order valence-corrected chi connectivity index (χ3v) is 1.09. The van der Waals surface area contributed by atoms with Crippen LogP contribution in [-0.4, -0.2) is 28.1 Å². The number of hydrogen-bond acceptors (Lipinski definition) is 4. The summed E-state index contributed by atoms with van der Waals surface area (Å²) in [5, 5.41) is 7.08. The summed E-state index contributed by atoms with van der Waals surface area (Å²) in [4.78, 5) is 10.8. The molecule has 0 N–H and O–H groups in total. The van der Waals surface area contributed by atoms with E-state index < -0.39 is 5.97 Å². The minimum Gasteiger partial charge on any atom is -0.464 e. The Bertz CT molecular complexity index is 279. The molecule has 0 radical (unpaired) electrons. The van der Waals surface area contributed by atoms with Crippen LogP contribution in [-0.2, 0) is 4.74 Å². The van der Waals surface area contributed by atoms with Gasteiger partial charge in [0.25, 0.3) is 0 Å². The van der Waals surface area contributed by atoms with E-state index in [4.69, 9.17) is 0 Å². The molecule has 5 nitrogen and oxygen atoms in total. The van der Waals surface area contributed by atoms with Gasteiger partial charge in [0.05, 0.1) is 13.3 Å². The molecule has 0 aromatic carbocycles. The fourth-order valence-corrected chi connectivity index (χ4v) is 0.564. The van der Waals surface area contributed by atoms with Crippen molar-refractivity contribution >= 4 is 12.2 Å². The third kappa shape index (κ3) is 1.43. The van der Waals surface area contributed by atoms with Crippen LogP contribution < -0.4 is 0 Å². The molecule has 0 saturated heterocycles. The summed E-state index contributed by atoms with van der Waals surface area (Å²) in [6.07, 6.45) is 2.86. The summed E-state index contributed by atoms with van der Waals surface area (Å²) < 4.78 is 5.73. The largest absolute Gasteiger partial charge is 0.464 e. The van der Waals surface area contributed by atoms with E-state index in [1.165, 1.54) is 24.2 Å². The highest BCUT2D eigenvalue weighted by atomic mass is 16.5. The van der Waals surface area contributed by atoms with Crippen LogP contribution in [0.5, 0.6) is 0 Å². The van der Waals surface area contributed by atoms with E-state index in [0.29, 0.717) is 0 Å². The number of nitrogens with zero attached hydrogens (tertiary/aromatic N) is 3. The number of ether oxygens (including phenoxy) is 1. The molecule has 0 saturated carbocycles. The zero-order valence-corrected chi connectivity index (χ0v) is 6.02. The van der Waals surface area contributed by atoms with Crippen LogP contribution in [0, 0.1) is 0 Å². The van der Waals surface area contributed by atoms with Gasteiger partial charge in [-0.25, -0.2) is 9.48 Å². The number of carbonyl (C=O) groups excluding carboxylic acids is 1. The highest BCUT2D eigenvalue weighted by Crippen LogP contribution is 1.94. The van der Waals surface area contributed by atoms with Crippen molar-refractivity contribution in [3.05, 3.63) is 18.5 Å². The van der Waals surface area contributed by atoms with Gasteiger partial charge in [0, 0.05) is 6.20 Å². The Morgan fingerprint density at radius 3 is 3.09 bits per heavy atom. The maximum Gasteiger partial charge on any atom is 0.360 e. The number of methoxy groups -OCH3 is 1. The summed E-state index contributed by atoms with van der Waals surface area (Å²) in [7, 11) is 1.29. The zero-order chi connectivity index (χ0) is 8.27. The second kappa shape index (κ2) is 2.96. The lowest BCUT2D eigenvalue weighted by atomic mass is 10.5. The molecule has 0 atom stereocenters. The Kier molecular flexibility index (Phi) is 2.00. The Morgan fingerprint density at radius 1 is 1.91 bits per heavy atom. The topological polar surface area (TPSA) is 57.0 Å². The van der Waals surface area contributed by atoms with Crippen molar-refractivity contribution in [1.29, 1.82) is 0 Å². The van der Waals surface area contributed by atoms with E-state index >= 15 is 0 Å². The van der Waals surface area contributed by atoms with Crippen LogP contribution in [0.1, 0.15) is 10.5 Å². The molecule has 1 aromatic heterocycles. The van der Waals surface area contributed by atoms with Crippen LogP contribution in [0.25, 0.3) is 6.20 Å². The van der Waals surface area contributed by atoms with Crippen molar-refractivity contribution in [2.75, 3.05) is 7.11 Å². The first kappa shape index (κ1) is 7.46. The van der Waals surface area contributed by atoms with Gasteiger partial charge in [-0.05, 0) is 0 Å². The highest BCUT2D eigenvalue weighted by Gasteiger charge is 2.08. The van der Waals surface area contributed by atoms with Crippen molar-refractivity contribution < 1.29 is 9.53 Å². The fourth-order valence-electron chi connectivity index (χ4n) is 0.564. The second-order valence-corrected chi connectivity index (χ2v) is 1.76. The summed E-state index contributed by atoms with van der Waals surface area (Å²) in [5.41, 5.74) is 0.174. The number of carbonyl (C=O) groups is 1. The normalized spacial score (nSPS) is 9.18. The Labute approximate surface area is 63.3 Å². The van der Waals surface area contributed by atoms with Gasteiger partial charge in [0.1, 0.15) is 0 Å². The van der Waals surface area contributed by atoms with Gasteiger partial charge in [-0.2, -0.15) is 0 Å². The van der Waals surface area contributed by atoms with Crippen LogP contribution in [0.2, 0.25) is 0 Å². The van der Waals surface area contributed by atoms with Gasteiger partial charge in [0.15, 0.2) is 5.69 Å². The molecule has 0 fully saturated rings. The number of hydrogen-bond donors (Lipinski definition) is 0. The monoisotopic (exact) mass is 153 g/mol. The van der Waals surface area contributed by atoms with Gasteiger partial charge in [-0.15, -0.1) is 5.10 Å². The van der Waals surface area contributed by atoms with Gasteiger partial charge in [0.2, 0.25) is 0 Å². The van der Waals surface area contributed by atoms with Crippen LogP contribution in [0.15, 0.2) is 12.8 Å². The molecule has 0 aliphatic rings. The molecule has 1 heterocycles. The Hall–Kier alpha value is -1.65. The lowest BCUT2D eigenvalue weighted by Crippen LogP contribution is -2.00. The minimum absolute atomic E-state index is 0.174. The molecule has 0 aliphatic heterocycles. The SMILES string of the molecule is C=Cn1cc(C(=O)OC)nn1. The molecule has 1 rings (SSSR count). The lowest BCUT2D eigenvalue weighted by Gasteiger charge is -1.88. The average Bonchev–Trinajstić information content (AvgIpc) is 2.50. The number of esters is 1. The molecule has 0 bridgehead atoms. The first-order valence-electron chi connectivity index (χ1n) is 2.90. The predicted octanol–water partition coefficient (Wildman–Crippen LogP) is 0.165. The van der Waals surface area contributed by atoms with E-state index in [9.17, 15) is 4.79 Å². The van der Waals surface area contributed by atoms with E-state index in [1.54, 1.807) is 0 Å². The van der Waals surface area contributed by atoms with Crippen molar-refractivity contribution in [2.24, 2.45) is 0 Å². The number of aromatic nitrogens is 3. The van der Waals surface area contributed by atoms with Crippen LogP contribution >= 0.6 is 0 Å². The molecule has 5 heteroatoms. The van der Waals surface area contributed by atoms with Gasteiger partial charge in [-0.1, -0.05) is 11.8 Å². The van der Waals surface area contributed by atoms with Crippen molar-refractivity contribution in [1.82, 2.24) is 15.0 Å². The van der Waals surface area contributed by atoms with E-state index in [0.717, 1.165) is 0 Å². The molecule has 0 unspecified atom stereocenters. The van der Waals surface area contributed by atoms with Crippen LogP contribution in [0.4, 0.5) is 0 Å². The standard InChI is InChI=1S/C6H7N3O2/c1-3-9-4-5(7-8-9)6(10)11-2/h3-4H,1H2,2H3. The maximum atomic E-state index is 10.8. The van der Waals surface area contributed by atoms with E-state index in [-0.39, 0.29) is 5.69 Å². The minimum atomic E-state index is -0.502. The van der Waals surface area contributed by atoms with Gasteiger partial charge < -0.3 is 4.74 Å². The van der Waals surface area contributed by atoms with Crippen molar-refractivity contribution in [3.8, 4) is 0 Å². The third-order valence-electron chi connectivity index (χ3n) is 1.09. The smallest absolute Gasteiger partial charge is 0.360 e. The molecule has 11 heavy (non-hydrogen) atoms. The van der Waals surface area contributed by atoms with E-state index in [1.807, 2.05) is 0 Å². The van der Waals surface area contributed by atoms with E-state index in [2.05, 4.69) is 21.6 Å². The summed E-state index contributed by atoms with van der Waals surface area (Å²) in [6.45, 7) is 3.44. The quantitative estimate of drug-likeness (QED) is 0.568. The highest BCUT2D eigenvalue weighted by molar-refractivity contribution is 5.86. The molecule has 1 aromatic rings. The summed E-state index contributed by atoms with van der Waals surface area (Å²) in [5.74, 6) is -0.502. The fraction of sp³-hybridized carbons (Fsp3) is 0.167.